The van der Waals surface area contributed by atoms with Crippen LogP contribution in [0.1, 0.15) is 77.5 Å². The van der Waals surface area contributed by atoms with Crippen molar-refractivity contribution in [3.05, 3.63) is 17.2 Å². The molecule has 1 aromatic rings. The van der Waals surface area contributed by atoms with E-state index in [0.717, 1.165) is 19.9 Å². The van der Waals surface area contributed by atoms with Crippen LogP contribution >= 0.6 is 0 Å². The van der Waals surface area contributed by atoms with Gasteiger partial charge in [0.1, 0.15) is 11.4 Å². The van der Waals surface area contributed by atoms with Crippen molar-refractivity contribution >= 4 is 5.97 Å². The molecule has 21 heavy (non-hydrogen) atoms. The number of aryl methyl sites for hydroxylation is 2. The van der Waals surface area contributed by atoms with Crippen LogP contribution < -0.4 is 9.67 Å². The Morgan fingerprint density at radius 3 is 2.05 bits per heavy atom. The highest BCUT2D eigenvalue weighted by Crippen LogP contribution is 2.11. The van der Waals surface area contributed by atoms with Crippen LogP contribution in [0.4, 0.5) is 0 Å². The molecule has 1 N–H and O–H groups in total. The fourth-order valence-corrected chi connectivity index (χ4v) is 2.49. The molecule has 0 saturated heterocycles. The Bertz CT molecular complexity index is 407. The van der Waals surface area contributed by atoms with E-state index in [4.69, 9.17) is 9.90 Å². The lowest BCUT2D eigenvalue weighted by molar-refractivity contribution is -0.706. The second kappa shape index (κ2) is 11.4. The molecule has 0 aromatic carbocycles. The molecule has 4 nitrogen and oxygen atoms in total. The van der Waals surface area contributed by atoms with Gasteiger partial charge in [0, 0.05) is 25.2 Å². The summed E-state index contributed by atoms with van der Waals surface area (Å²) < 4.78 is 2.52. The lowest BCUT2D eigenvalue weighted by Crippen LogP contribution is -2.39. The molecule has 0 aliphatic rings. The summed E-state index contributed by atoms with van der Waals surface area (Å²) in [7, 11) is 0. The number of hydrogen-bond acceptors (Lipinski definition) is 2. The smallest absolute Gasteiger partial charge is 0.254 e. The van der Waals surface area contributed by atoms with Crippen LogP contribution in [0.2, 0.25) is 0 Å². The van der Waals surface area contributed by atoms with Gasteiger partial charge in [-0.3, -0.25) is 0 Å². The summed E-state index contributed by atoms with van der Waals surface area (Å²) in [5.41, 5.74) is 3.02. The zero-order chi connectivity index (χ0) is 16.3. The van der Waals surface area contributed by atoms with Gasteiger partial charge in [-0.1, -0.05) is 33.6 Å². The Hall–Kier alpha value is -1.32. The molecule has 0 fully saturated rings. The number of carboxylic acid groups (broad SMARTS) is 1. The first kappa shape index (κ1) is 19.7. The molecule has 1 aromatic heterocycles. The first-order valence-corrected chi connectivity index (χ1v) is 8.31. The summed E-state index contributed by atoms with van der Waals surface area (Å²) in [6.07, 6.45) is 8.70. The number of imidazole rings is 1. The first-order valence-electron chi connectivity index (χ1n) is 8.31. The number of H-pyrrole nitrogens is 1. The van der Waals surface area contributed by atoms with Crippen LogP contribution in [0.15, 0.2) is 0 Å². The Labute approximate surface area is 129 Å². The number of aromatic amines is 1. The minimum atomic E-state index is -1.08. The molecule has 0 bridgehead atoms. The normalized spacial score (nSPS) is 10.1. The van der Waals surface area contributed by atoms with E-state index in [0.29, 0.717) is 0 Å². The van der Waals surface area contributed by atoms with Crippen molar-refractivity contribution in [2.45, 2.75) is 86.1 Å². The standard InChI is InChI=1S/C15H28N2.C2H4O2/c1-5-9-11-14-13(7-3)16-15(12-10-6-2)17(14)8-4;1-2(3)4/h5-12H2,1-4H3;1H3,(H,3,4). The van der Waals surface area contributed by atoms with Crippen molar-refractivity contribution in [1.82, 2.24) is 4.98 Å². The third kappa shape index (κ3) is 7.30. The predicted molar refractivity (Wildman–Crippen MR) is 83.9 cm³/mol. The van der Waals surface area contributed by atoms with E-state index < -0.39 is 5.97 Å². The zero-order valence-electron chi connectivity index (χ0n) is 14.4. The van der Waals surface area contributed by atoms with Gasteiger partial charge in [-0.05, 0) is 26.7 Å². The van der Waals surface area contributed by atoms with Crippen molar-refractivity contribution in [1.29, 1.82) is 0 Å². The quantitative estimate of drug-likeness (QED) is 0.748. The Morgan fingerprint density at radius 1 is 1.10 bits per heavy atom. The maximum Gasteiger partial charge on any atom is 0.254 e. The molecule has 0 unspecified atom stereocenters. The Balaban J connectivity index is 0.000000885. The number of unbranched alkanes of at least 4 members (excludes halogenated alkanes) is 2. The molecule has 1 heterocycles. The second-order valence-corrected chi connectivity index (χ2v) is 5.29. The van der Waals surface area contributed by atoms with E-state index in [2.05, 4.69) is 37.2 Å². The Morgan fingerprint density at radius 2 is 1.62 bits per heavy atom. The van der Waals surface area contributed by atoms with Crippen molar-refractivity contribution in [3.63, 3.8) is 0 Å². The largest absolute Gasteiger partial charge is 0.550 e. The fourth-order valence-electron chi connectivity index (χ4n) is 2.49. The molecule has 0 saturated carbocycles. The van der Waals surface area contributed by atoms with Crippen LogP contribution in [0, 0.1) is 0 Å². The number of aliphatic carboxylic acids is 1. The van der Waals surface area contributed by atoms with Gasteiger partial charge in [0.2, 0.25) is 0 Å². The van der Waals surface area contributed by atoms with Gasteiger partial charge in [0.15, 0.2) is 0 Å². The molecule has 0 radical (unpaired) electrons. The number of rotatable bonds is 8. The fraction of sp³-hybridized carbons (Fsp3) is 0.765. The van der Waals surface area contributed by atoms with E-state index in [1.807, 2.05) is 0 Å². The minimum absolute atomic E-state index is 0.972. The number of nitrogens with zero attached hydrogens (tertiary/aromatic N) is 1. The maximum absolute atomic E-state index is 8.89. The van der Waals surface area contributed by atoms with Gasteiger partial charge in [0.05, 0.1) is 6.54 Å². The van der Waals surface area contributed by atoms with Gasteiger partial charge in [0.25, 0.3) is 5.82 Å². The number of carbonyl (C=O) groups is 1. The zero-order valence-corrected chi connectivity index (χ0v) is 14.4. The number of nitrogens with one attached hydrogen (secondary N) is 1. The Kier molecular flexibility index (Phi) is 10.6. The van der Waals surface area contributed by atoms with E-state index in [1.54, 1.807) is 5.69 Å². The van der Waals surface area contributed by atoms with Crippen molar-refractivity contribution in [2.75, 3.05) is 0 Å². The second-order valence-electron chi connectivity index (χ2n) is 5.29. The third-order valence-corrected chi connectivity index (χ3v) is 3.50. The predicted octanol–water partition coefficient (Wildman–Crippen LogP) is 2.33. The number of aromatic nitrogens is 2. The van der Waals surface area contributed by atoms with Crippen LogP contribution in [0.25, 0.3) is 0 Å². The van der Waals surface area contributed by atoms with E-state index in [9.17, 15) is 0 Å². The SMILES string of the molecule is CC(=O)[O-].CCCCc1[nH]c(CC)c(CCCC)[n+]1CC. The van der Waals surface area contributed by atoms with Crippen molar-refractivity contribution in [3.8, 4) is 0 Å². The average molecular weight is 296 g/mol. The van der Waals surface area contributed by atoms with E-state index in [-0.39, 0.29) is 0 Å². The van der Waals surface area contributed by atoms with Gasteiger partial charge in [-0.15, -0.1) is 0 Å². The van der Waals surface area contributed by atoms with Crippen LogP contribution in [-0.4, -0.2) is 11.0 Å². The van der Waals surface area contributed by atoms with Crippen LogP contribution in [-0.2, 0) is 30.6 Å². The van der Waals surface area contributed by atoms with Gasteiger partial charge >= 0.3 is 0 Å². The van der Waals surface area contributed by atoms with Crippen molar-refractivity contribution < 1.29 is 14.5 Å². The summed E-state index contributed by atoms with van der Waals surface area (Å²) in [6, 6.07) is 0. The molecule has 0 spiro atoms. The van der Waals surface area contributed by atoms with Gasteiger partial charge in [-0.25, -0.2) is 9.55 Å². The topological polar surface area (TPSA) is 59.8 Å². The number of carboxylic acids is 1. The van der Waals surface area contributed by atoms with Crippen molar-refractivity contribution in [2.24, 2.45) is 0 Å². The van der Waals surface area contributed by atoms with Crippen LogP contribution in [0.5, 0.6) is 0 Å². The highest BCUT2D eigenvalue weighted by Gasteiger charge is 2.21. The summed E-state index contributed by atoms with van der Waals surface area (Å²) in [6.45, 7) is 11.1. The molecule has 0 amide bonds. The monoisotopic (exact) mass is 296 g/mol. The first-order chi connectivity index (χ1) is 10.0. The summed E-state index contributed by atoms with van der Waals surface area (Å²) in [4.78, 5) is 12.5. The summed E-state index contributed by atoms with van der Waals surface area (Å²) in [5, 5.41) is 8.89. The lowest BCUT2D eigenvalue weighted by atomic mass is 10.1. The molecule has 1 rings (SSSR count). The van der Waals surface area contributed by atoms with Gasteiger partial charge < -0.3 is 9.90 Å². The summed E-state index contributed by atoms with van der Waals surface area (Å²) in [5.74, 6) is 0.359. The molecule has 4 heteroatoms. The average Bonchev–Trinajstić information content (AvgIpc) is 2.78. The molecule has 0 aliphatic heterocycles. The lowest BCUT2D eigenvalue weighted by Gasteiger charge is -2.02. The molecular weight excluding hydrogens is 264 g/mol. The molecule has 0 atom stereocenters. The highest BCUT2D eigenvalue weighted by atomic mass is 16.4. The molecule has 122 valence electrons. The van der Waals surface area contributed by atoms with Crippen LogP contribution in [0.3, 0.4) is 0 Å². The maximum atomic E-state index is 8.89. The van der Waals surface area contributed by atoms with Gasteiger partial charge in [-0.2, -0.15) is 0 Å². The molecular formula is C17H32N2O2. The summed E-state index contributed by atoms with van der Waals surface area (Å²) >= 11 is 0. The number of carbonyl (C=O) groups excluding carboxylic acids is 1. The van der Waals surface area contributed by atoms with E-state index in [1.165, 1.54) is 50.0 Å². The van der Waals surface area contributed by atoms with E-state index >= 15 is 0 Å². The number of hydrogen-bond donors (Lipinski definition) is 1. The highest BCUT2D eigenvalue weighted by molar-refractivity contribution is 5.60. The third-order valence-electron chi connectivity index (χ3n) is 3.50. The molecule has 0 aliphatic carbocycles. The minimum Gasteiger partial charge on any atom is -0.550 e.